The molecule has 94 valence electrons. The van der Waals surface area contributed by atoms with Gasteiger partial charge in [0.25, 0.3) is 0 Å². The molecule has 0 aromatic heterocycles. The third-order valence-corrected chi connectivity index (χ3v) is 2.70. The van der Waals surface area contributed by atoms with Gasteiger partial charge in [-0.05, 0) is 24.6 Å². The fourth-order valence-corrected chi connectivity index (χ4v) is 1.63. The van der Waals surface area contributed by atoms with E-state index in [1.54, 1.807) is 0 Å². The van der Waals surface area contributed by atoms with E-state index < -0.39 is 0 Å². The Morgan fingerprint density at radius 2 is 1.88 bits per heavy atom. The number of nitrogens with one attached hydrogen (secondary N) is 1. The van der Waals surface area contributed by atoms with Crippen molar-refractivity contribution in [2.75, 3.05) is 25.0 Å². The molecule has 0 heterocycles. The molecule has 0 unspecified atom stereocenters. The molecule has 1 aromatic carbocycles. The number of benzene rings is 1. The second kappa shape index (κ2) is 6.45. The molecule has 0 aliphatic rings. The average Bonchev–Trinajstić information content (AvgIpc) is 2.27. The summed E-state index contributed by atoms with van der Waals surface area (Å²) in [7, 11) is 2.10. The van der Waals surface area contributed by atoms with Crippen molar-refractivity contribution in [2.24, 2.45) is 0 Å². The van der Waals surface area contributed by atoms with Crippen molar-refractivity contribution in [3.63, 3.8) is 0 Å². The van der Waals surface area contributed by atoms with Gasteiger partial charge in [-0.25, -0.2) is 0 Å². The number of rotatable bonds is 6. The Bertz CT molecular complexity index is 352. The van der Waals surface area contributed by atoms with Gasteiger partial charge in [0.15, 0.2) is 0 Å². The second-order valence-corrected chi connectivity index (χ2v) is 4.98. The molecule has 1 aromatic rings. The van der Waals surface area contributed by atoms with Gasteiger partial charge in [0.2, 0.25) is 0 Å². The van der Waals surface area contributed by atoms with Crippen LogP contribution in [0.15, 0.2) is 36.4 Å². The van der Waals surface area contributed by atoms with Crippen LogP contribution in [0.4, 0.5) is 5.69 Å². The third kappa shape index (κ3) is 5.05. The molecule has 0 radical (unpaired) electrons. The molecule has 2 heteroatoms. The van der Waals surface area contributed by atoms with Crippen molar-refractivity contribution >= 4 is 5.69 Å². The van der Waals surface area contributed by atoms with E-state index in [4.69, 9.17) is 0 Å². The molecule has 0 fully saturated rings. The van der Waals surface area contributed by atoms with Crippen LogP contribution in [0.25, 0.3) is 0 Å². The Morgan fingerprint density at radius 3 is 2.41 bits per heavy atom. The van der Waals surface area contributed by atoms with Crippen LogP contribution in [0.3, 0.4) is 0 Å². The fourth-order valence-electron chi connectivity index (χ4n) is 1.63. The molecule has 2 nitrogen and oxygen atoms in total. The first-order valence-corrected chi connectivity index (χ1v) is 6.17. The monoisotopic (exact) mass is 232 g/mol. The van der Waals surface area contributed by atoms with Crippen molar-refractivity contribution in [3.8, 4) is 0 Å². The summed E-state index contributed by atoms with van der Waals surface area (Å²) < 4.78 is 0. The Labute approximate surface area is 105 Å². The molecule has 0 spiro atoms. The van der Waals surface area contributed by atoms with Crippen molar-refractivity contribution < 1.29 is 0 Å². The molecule has 17 heavy (non-hydrogen) atoms. The molecule has 0 saturated heterocycles. The Morgan fingerprint density at radius 1 is 1.29 bits per heavy atom. The first-order chi connectivity index (χ1) is 7.99. The van der Waals surface area contributed by atoms with Crippen LogP contribution in [-0.2, 0) is 0 Å². The molecule has 1 N–H and O–H groups in total. The highest BCUT2D eigenvalue weighted by molar-refractivity contribution is 5.47. The van der Waals surface area contributed by atoms with E-state index in [2.05, 4.69) is 68.9 Å². The van der Waals surface area contributed by atoms with Crippen molar-refractivity contribution in [2.45, 2.75) is 26.8 Å². The van der Waals surface area contributed by atoms with Gasteiger partial charge in [-0.2, -0.15) is 0 Å². The number of aryl methyl sites for hydroxylation is 1. The van der Waals surface area contributed by atoms with Crippen LogP contribution >= 0.6 is 0 Å². The van der Waals surface area contributed by atoms with E-state index in [0.717, 1.165) is 13.1 Å². The summed E-state index contributed by atoms with van der Waals surface area (Å²) in [5.41, 5.74) is 3.74. The molecule has 0 aliphatic carbocycles. The zero-order valence-corrected chi connectivity index (χ0v) is 11.5. The summed E-state index contributed by atoms with van der Waals surface area (Å²) in [6.45, 7) is 12.3. The van der Waals surface area contributed by atoms with Gasteiger partial charge in [-0.1, -0.05) is 38.1 Å². The molecular formula is C15H24N2. The maximum absolute atomic E-state index is 4.11. The minimum absolute atomic E-state index is 0.511. The van der Waals surface area contributed by atoms with Crippen LogP contribution < -0.4 is 10.2 Å². The highest BCUT2D eigenvalue weighted by Gasteiger charge is 2.03. The first kappa shape index (κ1) is 13.8. The summed E-state index contributed by atoms with van der Waals surface area (Å²) in [6, 6.07) is 9.09. The lowest BCUT2D eigenvalue weighted by Crippen LogP contribution is -2.29. The zero-order chi connectivity index (χ0) is 12.8. The standard InChI is InChI=1S/C15H24N2/c1-12(2)16-10-14(4)11-17(5)15-8-6-13(3)7-9-15/h6-9,12,16H,4,10-11H2,1-3,5H3. The summed E-state index contributed by atoms with van der Waals surface area (Å²) in [5.74, 6) is 0. The highest BCUT2D eigenvalue weighted by Crippen LogP contribution is 2.14. The van der Waals surface area contributed by atoms with E-state index in [0.29, 0.717) is 6.04 Å². The van der Waals surface area contributed by atoms with Crippen LogP contribution in [0.2, 0.25) is 0 Å². The largest absolute Gasteiger partial charge is 0.371 e. The Kier molecular flexibility index (Phi) is 5.23. The maximum Gasteiger partial charge on any atom is 0.0395 e. The van der Waals surface area contributed by atoms with Crippen LogP contribution in [0.1, 0.15) is 19.4 Å². The topological polar surface area (TPSA) is 15.3 Å². The molecule has 0 saturated carbocycles. The van der Waals surface area contributed by atoms with Gasteiger partial charge in [0.1, 0.15) is 0 Å². The van der Waals surface area contributed by atoms with E-state index >= 15 is 0 Å². The minimum Gasteiger partial charge on any atom is -0.371 e. The first-order valence-electron chi connectivity index (χ1n) is 6.17. The van der Waals surface area contributed by atoms with Gasteiger partial charge in [0, 0.05) is 31.9 Å². The van der Waals surface area contributed by atoms with E-state index in [1.807, 2.05) is 0 Å². The fraction of sp³-hybridized carbons (Fsp3) is 0.467. The summed E-state index contributed by atoms with van der Waals surface area (Å²) >= 11 is 0. The van der Waals surface area contributed by atoms with Gasteiger partial charge in [-0.15, -0.1) is 0 Å². The second-order valence-electron chi connectivity index (χ2n) is 4.98. The van der Waals surface area contributed by atoms with Gasteiger partial charge in [-0.3, -0.25) is 0 Å². The zero-order valence-electron chi connectivity index (χ0n) is 11.5. The van der Waals surface area contributed by atoms with E-state index in [-0.39, 0.29) is 0 Å². The Hall–Kier alpha value is -1.28. The van der Waals surface area contributed by atoms with E-state index in [1.165, 1.54) is 16.8 Å². The quantitative estimate of drug-likeness (QED) is 0.759. The minimum atomic E-state index is 0.511. The van der Waals surface area contributed by atoms with Gasteiger partial charge >= 0.3 is 0 Å². The predicted molar refractivity (Wildman–Crippen MR) is 76.7 cm³/mol. The number of nitrogens with zero attached hydrogens (tertiary/aromatic N) is 1. The van der Waals surface area contributed by atoms with Gasteiger partial charge < -0.3 is 10.2 Å². The maximum atomic E-state index is 4.11. The SMILES string of the molecule is C=C(CNC(C)C)CN(C)c1ccc(C)cc1. The highest BCUT2D eigenvalue weighted by atomic mass is 15.1. The normalized spacial score (nSPS) is 10.6. The number of hydrogen-bond donors (Lipinski definition) is 1. The molecular weight excluding hydrogens is 208 g/mol. The predicted octanol–water partition coefficient (Wildman–Crippen LogP) is 2.99. The van der Waals surface area contributed by atoms with Crippen molar-refractivity contribution in [1.29, 1.82) is 0 Å². The average molecular weight is 232 g/mol. The van der Waals surface area contributed by atoms with Crippen LogP contribution in [-0.4, -0.2) is 26.2 Å². The lowest BCUT2D eigenvalue weighted by molar-refractivity contribution is 0.617. The lowest BCUT2D eigenvalue weighted by Gasteiger charge is -2.21. The molecule has 0 atom stereocenters. The smallest absolute Gasteiger partial charge is 0.0395 e. The van der Waals surface area contributed by atoms with Crippen LogP contribution in [0, 0.1) is 6.92 Å². The lowest BCUT2D eigenvalue weighted by atomic mass is 10.2. The summed E-state index contributed by atoms with van der Waals surface area (Å²) in [4.78, 5) is 2.23. The van der Waals surface area contributed by atoms with Gasteiger partial charge in [0.05, 0.1) is 0 Å². The van der Waals surface area contributed by atoms with Crippen LogP contribution in [0.5, 0.6) is 0 Å². The summed E-state index contributed by atoms with van der Waals surface area (Å²) in [5, 5.41) is 3.38. The number of likely N-dealkylation sites (N-methyl/N-ethyl adjacent to an activating group) is 1. The van der Waals surface area contributed by atoms with Crippen molar-refractivity contribution in [1.82, 2.24) is 5.32 Å². The van der Waals surface area contributed by atoms with Crippen molar-refractivity contribution in [3.05, 3.63) is 42.0 Å². The molecule has 0 bridgehead atoms. The van der Waals surface area contributed by atoms with E-state index in [9.17, 15) is 0 Å². The molecule has 1 rings (SSSR count). The number of anilines is 1. The molecule has 0 amide bonds. The Balaban J connectivity index is 2.46. The number of hydrogen-bond acceptors (Lipinski definition) is 2. The summed E-state index contributed by atoms with van der Waals surface area (Å²) in [6.07, 6.45) is 0. The third-order valence-electron chi connectivity index (χ3n) is 2.70. The molecule has 0 aliphatic heterocycles.